The predicted octanol–water partition coefficient (Wildman–Crippen LogP) is 1.43. The first-order chi connectivity index (χ1) is 14.1. The van der Waals surface area contributed by atoms with Gasteiger partial charge in [0.15, 0.2) is 0 Å². The van der Waals surface area contributed by atoms with Crippen LogP contribution in [0.3, 0.4) is 0 Å². The normalized spacial score (nSPS) is 18.9. The summed E-state index contributed by atoms with van der Waals surface area (Å²) in [5.74, 6) is -2.29. The number of benzene rings is 2. The molecule has 2 aromatic carbocycles. The average Bonchev–Trinajstić information content (AvgIpc) is 2.88. The van der Waals surface area contributed by atoms with Crippen LogP contribution in [-0.4, -0.2) is 38.7 Å². The molecular weight excluding hydrogens is 415 g/mol. The number of rotatable bonds is 2. The standard InChI is InChI=1S/C19H17FN4O5S/c1-10-9-24(16-6-11(20)2-4-13(16)19(27)21-10)30(28,29)12-3-5-14-15(7-12)23-18(26)8-17(25)22-14/h2-7,10H,8-9H2,1H3,(H,21,27)(H,22,25)(H,23,26). The van der Waals surface area contributed by atoms with Crippen LogP contribution >= 0.6 is 0 Å². The Labute approximate surface area is 171 Å². The molecule has 0 saturated heterocycles. The zero-order valence-corrected chi connectivity index (χ0v) is 16.5. The van der Waals surface area contributed by atoms with Gasteiger partial charge in [0.2, 0.25) is 11.8 Å². The van der Waals surface area contributed by atoms with E-state index in [1.807, 2.05) is 0 Å². The Kier molecular flexibility index (Phi) is 4.69. The molecule has 2 aromatic rings. The summed E-state index contributed by atoms with van der Waals surface area (Å²) in [6, 6.07) is 6.63. The molecule has 0 radical (unpaired) electrons. The second-order valence-electron chi connectivity index (χ2n) is 7.05. The van der Waals surface area contributed by atoms with Gasteiger partial charge in [-0.3, -0.25) is 18.7 Å². The van der Waals surface area contributed by atoms with Gasteiger partial charge in [0, 0.05) is 6.04 Å². The first kappa shape index (κ1) is 19.8. The lowest BCUT2D eigenvalue weighted by molar-refractivity contribution is -0.123. The van der Waals surface area contributed by atoms with Crippen molar-refractivity contribution < 1.29 is 27.2 Å². The molecule has 156 valence electrons. The molecule has 0 aromatic heterocycles. The van der Waals surface area contributed by atoms with Crippen molar-refractivity contribution in [3.05, 3.63) is 47.8 Å². The predicted molar refractivity (Wildman–Crippen MR) is 106 cm³/mol. The van der Waals surface area contributed by atoms with Crippen LogP contribution in [0.15, 0.2) is 41.3 Å². The molecule has 2 aliphatic rings. The van der Waals surface area contributed by atoms with E-state index in [0.717, 1.165) is 16.4 Å². The van der Waals surface area contributed by atoms with E-state index in [2.05, 4.69) is 16.0 Å². The Morgan fingerprint density at radius 3 is 2.43 bits per heavy atom. The number of hydrogen-bond acceptors (Lipinski definition) is 5. The Morgan fingerprint density at radius 1 is 1.00 bits per heavy atom. The van der Waals surface area contributed by atoms with E-state index < -0.39 is 39.6 Å². The molecule has 0 fully saturated rings. The van der Waals surface area contributed by atoms with E-state index in [9.17, 15) is 27.2 Å². The fraction of sp³-hybridized carbons (Fsp3) is 0.211. The molecule has 30 heavy (non-hydrogen) atoms. The largest absolute Gasteiger partial charge is 0.348 e. The number of carbonyl (C=O) groups excluding carboxylic acids is 3. The molecule has 0 saturated carbocycles. The lowest BCUT2D eigenvalue weighted by atomic mass is 10.1. The van der Waals surface area contributed by atoms with Gasteiger partial charge in [-0.05, 0) is 43.3 Å². The summed E-state index contributed by atoms with van der Waals surface area (Å²) in [5, 5.41) is 7.68. The zero-order valence-electron chi connectivity index (χ0n) is 15.7. The summed E-state index contributed by atoms with van der Waals surface area (Å²) in [4.78, 5) is 35.7. The SMILES string of the molecule is CC1CN(S(=O)(=O)c2ccc3c(c2)NC(=O)CC(=O)N3)c2cc(F)ccc2C(=O)N1. The van der Waals surface area contributed by atoms with Gasteiger partial charge in [0.25, 0.3) is 15.9 Å². The van der Waals surface area contributed by atoms with Gasteiger partial charge in [-0.15, -0.1) is 0 Å². The molecule has 0 bridgehead atoms. The molecule has 3 amide bonds. The monoisotopic (exact) mass is 432 g/mol. The van der Waals surface area contributed by atoms with Crippen molar-refractivity contribution in [3.8, 4) is 0 Å². The van der Waals surface area contributed by atoms with Crippen LogP contribution in [-0.2, 0) is 19.6 Å². The van der Waals surface area contributed by atoms with Gasteiger partial charge in [-0.1, -0.05) is 0 Å². The quantitative estimate of drug-likeness (QED) is 0.620. The van der Waals surface area contributed by atoms with Crippen LogP contribution in [0.4, 0.5) is 21.5 Å². The molecule has 3 N–H and O–H groups in total. The summed E-state index contributed by atoms with van der Waals surface area (Å²) in [6.07, 6.45) is -0.388. The first-order valence-electron chi connectivity index (χ1n) is 9.02. The summed E-state index contributed by atoms with van der Waals surface area (Å²) in [5.41, 5.74) is 0.338. The van der Waals surface area contributed by atoms with Crippen LogP contribution in [0, 0.1) is 5.82 Å². The summed E-state index contributed by atoms with van der Waals surface area (Å²) in [7, 11) is -4.24. The smallest absolute Gasteiger partial charge is 0.264 e. The number of hydrogen-bond donors (Lipinski definition) is 3. The molecule has 4 rings (SSSR count). The molecular formula is C19H17FN4O5S. The molecule has 1 unspecified atom stereocenters. The maximum atomic E-state index is 13.9. The van der Waals surface area contributed by atoms with Crippen molar-refractivity contribution >= 4 is 44.8 Å². The number of nitrogens with one attached hydrogen (secondary N) is 3. The number of halogens is 1. The molecule has 9 nitrogen and oxygen atoms in total. The Bertz CT molecular complexity index is 1200. The molecule has 2 heterocycles. The van der Waals surface area contributed by atoms with Crippen LogP contribution in [0.5, 0.6) is 0 Å². The number of anilines is 3. The third-order valence-electron chi connectivity index (χ3n) is 4.74. The van der Waals surface area contributed by atoms with Crippen LogP contribution in [0.25, 0.3) is 0 Å². The van der Waals surface area contributed by atoms with Crippen LogP contribution in [0.1, 0.15) is 23.7 Å². The first-order valence-corrected chi connectivity index (χ1v) is 10.5. The van der Waals surface area contributed by atoms with E-state index in [0.29, 0.717) is 0 Å². The van der Waals surface area contributed by atoms with E-state index in [1.54, 1.807) is 6.92 Å². The number of nitrogens with zero attached hydrogens (tertiary/aromatic N) is 1. The number of sulfonamides is 1. The zero-order chi connectivity index (χ0) is 21.6. The van der Waals surface area contributed by atoms with Crippen molar-refractivity contribution in [3.63, 3.8) is 0 Å². The highest BCUT2D eigenvalue weighted by Gasteiger charge is 2.34. The molecule has 1 atom stereocenters. The van der Waals surface area contributed by atoms with Crippen LogP contribution < -0.4 is 20.3 Å². The Hall–Kier alpha value is -3.47. The van der Waals surface area contributed by atoms with Gasteiger partial charge >= 0.3 is 0 Å². The molecule has 2 aliphatic heterocycles. The fourth-order valence-electron chi connectivity index (χ4n) is 3.38. The van der Waals surface area contributed by atoms with Gasteiger partial charge in [-0.2, -0.15) is 0 Å². The third-order valence-corrected chi connectivity index (χ3v) is 6.51. The molecule has 0 aliphatic carbocycles. The van der Waals surface area contributed by atoms with E-state index >= 15 is 0 Å². The van der Waals surface area contributed by atoms with E-state index in [1.165, 1.54) is 24.3 Å². The highest BCUT2D eigenvalue weighted by Crippen LogP contribution is 2.33. The molecule has 0 spiro atoms. The number of amides is 3. The lowest BCUT2D eigenvalue weighted by Crippen LogP contribution is -2.41. The summed E-state index contributed by atoms with van der Waals surface area (Å²) < 4.78 is 41.8. The van der Waals surface area contributed by atoms with Gasteiger partial charge < -0.3 is 16.0 Å². The van der Waals surface area contributed by atoms with Crippen molar-refractivity contribution in [2.24, 2.45) is 0 Å². The maximum Gasteiger partial charge on any atom is 0.264 e. The van der Waals surface area contributed by atoms with E-state index in [-0.39, 0.29) is 40.5 Å². The highest BCUT2D eigenvalue weighted by molar-refractivity contribution is 7.92. The third kappa shape index (κ3) is 3.47. The Balaban J connectivity index is 1.83. The van der Waals surface area contributed by atoms with Gasteiger partial charge in [-0.25, -0.2) is 12.8 Å². The Morgan fingerprint density at radius 2 is 1.70 bits per heavy atom. The molecule has 11 heteroatoms. The fourth-order valence-corrected chi connectivity index (χ4v) is 4.97. The topological polar surface area (TPSA) is 125 Å². The minimum Gasteiger partial charge on any atom is -0.348 e. The summed E-state index contributed by atoms with van der Waals surface area (Å²) >= 11 is 0. The second-order valence-corrected chi connectivity index (χ2v) is 8.91. The number of fused-ring (bicyclic) bond motifs is 2. The minimum atomic E-state index is -4.24. The van der Waals surface area contributed by atoms with Crippen molar-refractivity contribution in [2.75, 3.05) is 21.5 Å². The maximum absolute atomic E-state index is 13.9. The van der Waals surface area contributed by atoms with Crippen molar-refractivity contribution in [1.82, 2.24) is 5.32 Å². The summed E-state index contributed by atoms with van der Waals surface area (Å²) in [6.45, 7) is 1.51. The second kappa shape index (κ2) is 7.10. The lowest BCUT2D eigenvalue weighted by Gasteiger charge is -2.26. The van der Waals surface area contributed by atoms with E-state index in [4.69, 9.17) is 0 Å². The van der Waals surface area contributed by atoms with Crippen LogP contribution in [0.2, 0.25) is 0 Å². The van der Waals surface area contributed by atoms with Gasteiger partial charge in [0.05, 0.1) is 34.1 Å². The van der Waals surface area contributed by atoms with Crippen molar-refractivity contribution in [1.29, 1.82) is 0 Å². The highest BCUT2D eigenvalue weighted by atomic mass is 32.2. The minimum absolute atomic E-state index is 0.0275. The average molecular weight is 432 g/mol. The number of carbonyl (C=O) groups is 3. The van der Waals surface area contributed by atoms with Gasteiger partial charge in [0.1, 0.15) is 12.2 Å². The van der Waals surface area contributed by atoms with Crippen molar-refractivity contribution in [2.45, 2.75) is 24.3 Å².